The molecule has 3 rings (SSSR count). The van der Waals surface area contributed by atoms with Crippen LogP contribution in [0.25, 0.3) is 0 Å². The van der Waals surface area contributed by atoms with Gasteiger partial charge in [0.1, 0.15) is 5.60 Å². The zero-order valence-electron chi connectivity index (χ0n) is 14.4. The number of benzene rings is 1. The van der Waals surface area contributed by atoms with Crippen LogP contribution in [0.3, 0.4) is 0 Å². The molecule has 2 heterocycles. The van der Waals surface area contributed by atoms with E-state index in [1.54, 1.807) is 12.1 Å². The van der Waals surface area contributed by atoms with Crippen molar-refractivity contribution in [1.82, 2.24) is 10.2 Å². The van der Waals surface area contributed by atoms with Crippen LogP contribution in [0.5, 0.6) is 0 Å². The molecule has 1 unspecified atom stereocenters. The van der Waals surface area contributed by atoms with E-state index in [9.17, 15) is 9.59 Å². The summed E-state index contributed by atoms with van der Waals surface area (Å²) in [5.74, 6) is -0.663. The van der Waals surface area contributed by atoms with Gasteiger partial charge in [-0.25, -0.2) is 4.79 Å². The van der Waals surface area contributed by atoms with Crippen molar-refractivity contribution in [2.24, 2.45) is 0 Å². The van der Waals surface area contributed by atoms with E-state index in [1.807, 2.05) is 26.8 Å². The second kappa shape index (κ2) is 6.53. The summed E-state index contributed by atoms with van der Waals surface area (Å²) >= 11 is 0. The van der Waals surface area contributed by atoms with Crippen LogP contribution in [0.1, 0.15) is 47.1 Å². The largest absolute Gasteiger partial charge is 0.451 e. The molecule has 1 fully saturated rings. The fourth-order valence-corrected chi connectivity index (χ4v) is 3.32. The highest BCUT2D eigenvalue weighted by Crippen LogP contribution is 2.37. The molecule has 0 spiro atoms. The fraction of sp³-hybridized carbons (Fsp3) is 0.556. The zero-order chi connectivity index (χ0) is 17.3. The van der Waals surface area contributed by atoms with Gasteiger partial charge >= 0.3 is 5.97 Å². The van der Waals surface area contributed by atoms with Crippen molar-refractivity contribution < 1.29 is 19.1 Å². The molecule has 2 aliphatic heterocycles. The van der Waals surface area contributed by atoms with Gasteiger partial charge in [-0.1, -0.05) is 12.1 Å². The van der Waals surface area contributed by atoms with E-state index in [0.29, 0.717) is 11.1 Å². The maximum Gasteiger partial charge on any atom is 0.340 e. The highest BCUT2D eigenvalue weighted by Gasteiger charge is 2.40. The van der Waals surface area contributed by atoms with Gasteiger partial charge in [0.25, 0.3) is 5.91 Å². The molecular formula is C18H24N2O4. The lowest BCUT2D eigenvalue weighted by molar-refractivity contribution is 0.00944. The quantitative estimate of drug-likeness (QED) is 0.847. The topological polar surface area (TPSA) is 67.9 Å². The van der Waals surface area contributed by atoms with Crippen molar-refractivity contribution in [3.8, 4) is 0 Å². The fourth-order valence-electron chi connectivity index (χ4n) is 3.32. The summed E-state index contributed by atoms with van der Waals surface area (Å²) in [6, 6.07) is 5.30. The Morgan fingerprint density at radius 1 is 1.33 bits per heavy atom. The summed E-state index contributed by atoms with van der Waals surface area (Å²) in [5, 5.41) is 2.99. The third kappa shape index (κ3) is 3.30. The molecule has 1 aromatic rings. The monoisotopic (exact) mass is 332 g/mol. The lowest BCUT2D eigenvalue weighted by atomic mass is 9.92. The maximum absolute atomic E-state index is 12.7. The number of fused-ring (bicyclic) bond motifs is 1. The second-order valence-electron chi connectivity index (χ2n) is 6.92. The first-order chi connectivity index (χ1) is 11.4. The molecule has 0 radical (unpaired) electrons. The zero-order valence-corrected chi connectivity index (χ0v) is 14.4. The van der Waals surface area contributed by atoms with Crippen LogP contribution in [0.15, 0.2) is 18.2 Å². The first-order valence-corrected chi connectivity index (χ1v) is 8.36. The van der Waals surface area contributed by atoms with Crippen LogP contribution >= 0.6 is 0 Å². The number of morpholine rings is 1. The number of cyclic esters (lactones) is 1. The molecule has 24 heavy (non-hydrogen) atoms. The molecule has 1 amide bonds. The van der Waals surface area contributed by atoms with E-state index in [0.717, 1.165) is 38.4 Å². The number of nitrogens with zero attached hydrogens (tertiary/aromatic N) is 1. The molecule has 1 saturated heterocycles. The van der Waals surface area contributed by atoms with Gasteiger partial charge in [0.15, 0.2) is 0 Å². The average molecular weight is 332 g/mol. The lowest BCUT2D eigenvalue weighted by Crippen LogP contribution is -2.46. The van der Waals surface area contributed by atoms with Gasteiger partial charge < -0.3 is 14.8 Å². The van der Waals surface area contributed by atoms with Gasteiger partial charge in [-0.15, -0.1) is 0 Å². The summed E-state index contributed by atoms with van der Waals surface area (Å²) in [5.41, 5.74) is 0.846. The molecule has 6 nitrogen and oxygen atoms in total. The van der Waals surface area contributed by atoms with Crippen molar-refractivity contribution in [2.45, 2.75) is 32.4 Å². The van der Waals surface area contributed by atoms with E-state index in [2.05, 4.69) is 10.2 Å². The highest BCUT2D eigenvalue weighted by atomic mass is 16.6. The lowest BCUT2D eigenvalue weighted by Gasteiger charge is -2.29. The Hall–Kier alpha value is -1.92. The van der Waals surface area contributed by atoms with Crippen LogP contribution in [-0.2, 0) is 15.1 Å². The molecule has 130 valence electrons. The molecule has 1 aromatic carbocycles. The van der Waals surface area contributed by atoms with Gasteiger partial charge in [-0.05, 0) is 26.8 Å². The Balaban J connectivity index is 1.72. The van der Waals surface area contributed by atoms with Crippen molar-refractivity contribution in [3.63, 3.8) is 0 Å². The van der Waals surface area contributed by atoms with E-state index in [4.69, 9.17) is 9.47 Å². The summed E-state index contributed by atoms with van der Waals surface area (Å²) in [4.78, 5) is 27.1. The van der Waals surface area contributed by atoms with Gasteiger partial charge in [0, 0.05) is 31.2 Å². The van der Waals surface area contributed by atoms with E-state index < -0.39 is 11.6 Å². The Morgan fingerprint density at radius 3 is 2.75 bits per heavy atom. The molecule has 1 N–H and O–H groups in total. The number of amides is 1. The van der Waals surface area contributed by atoms with Crippen LogP contribution < -0.4 is 5.32 Å². The molecule has 0 saturated carbocycles. The molecule has 6 heteroatoms. The van der Waals surface area contributed by atoms with Crippen molar-refractivity contribution in [1.29, 1.82) is 0 Å². The molecule has 0 aliphatic carbocycles. The molecule has 2 aliphatic rings. The normalized spacial score (nSPS) is 21.0. The Bertz CT molecular complexity index is 650. The van der Waals surface area contributed by atoms with E-state index in [-0.39, 0.29) is 11.9 Å². The first-order valence-electron chi connectivity index (χ1n) is 8.36. The first kappa shape index (κ1) is 16.9. The summed E-state index contributed by atoms with van der Waals surface area (Å²) < 4.78 is 10.7. The van der Waals surface area contributed by atoms with Crippen LogP contribution in [0.4, 0.5) is 0 Å². The van der Waals surface area contributed by atoms with E-state index >= 15 is 0 Å². The van der Waals surface area contributed by atoms with Crippen LogP contribution in [0.2, 0.25) is 0 Å². The minimum atomic E-state index is -0.692. The number of esters is 1. The van der Waals surface area contributed by atoms with Crippen molar-refractivity contribution in [2.75, 3.05) is 32.8 Å². The number of hydrogen-bond donors (Lipinski definition) is 1. The number of hydrogen-bond acceptors (Lipinski definition) is 5. The Kier molecular flexibility index (Phi) is 4.60. The number of nitrogens with one attached hydrogen (secondary N) is 1. The summed E-state index contributed by atoms with van der Waals surface area (Å²) in [6.07, 6.45) is 0. The molecule has 0 bridgehead atoms. The molecular weight excluding hydrogens is 308 g/mol. The van der Waals surface area contributed by atoms with Crippen molar-refractivity contribution in [3.05, 3.63) is 34.9 Å². The molecule has 0 aromatic heterocycles. The number of carbonyl (C=O) groups excluding carboxylic acids is 2. The molecule has 1 atom stereocenters. The summed E-state index contributed by atoms with van der Waals surface area (Å²) in [6.45, 7) is 9.61. The minimum Gasteiger partial charge on any atom is -0.451 e. The van der Waals surface area contributed by atoms with Gasteiger partial charge in [-0.2, -0.15) is 0 Å². The SMILES string of the molecule is CC(CN1CCOCC1)NC(=O)c1cccc2c1C(=O)OC2(C)C. The minimum absolute atomic E-state index is 0.0168. The van der Waals surface area contributed by atoms with E-state index in [1.165, 1.54) is 0 Å². The van der Waals surface area contributed by atoms with Gasteiger partial charge in [-0.3, -0.25) is 9.69 Å². The van der Waals surface area contributed by atoms with Crippen molar-refractivity contribution >= 4 is 11.9 Å². The second-order valence-corrected chi connectivity index (χ2v) is 6.92. The highest BCUT2D eigenvalue weighted by molar-refractivity contribution is 6.08. The Labute approximate surface area is 142 Å². The summed E-state index contributed by atoms with van der Waals surface area (Å²) in [7, 11) is 0. The maximum atomic E-state index is 12.7. The standard InChI is InChI=1S/C18H24N2O4/c1-12(11-20-7-9-23-10-8-20)19-16(21)13-5-4-6-14-15(13)17(22)24-18(14,2)3/h4-6,12H,7-11H2,1-3H3,(H,19,21). The Morgan fingerprint density at radius 2 is 2.04 bits per heavy atom. The van der Waals surface area contributed by atoms with Gasteiger partial charge in [0.05, 0.1) is 24.3 Å². The third-order valence-corrected chi connectivity index (χ3v) is 4.52. The third-order valence-electron chi connectivity index (χ3n) is 4.52. The number of ether oxygens (including phenoxy) is 2. The van der Waals surface area contributed by atoms with Gasteiger partial charge in [0.2, 0.25) is 0 Å². The smallest absolute Gasteiger partial charge is 0.340 e. The number of rotatable bonds is 4. The number of carbonyl (C=O) groups is 2. The van der Waals surface area contributed by atoms with Crippen LogP contribution in [0, 0.1) is 0 Å². The predicted molar refractivity (Wildman–Crippen MR) is 89.1 cm³/mol. The predicted octanol–water partition coefficient (Wildman–Crippen LogP) is 1.54. The van der Waals surface area contributed by atoms with Crippen LogP contribution in [-0.4, -0.2) is 55.7 Å². The average Bonchev–Trinajstić information content (AvgIpc) is 2.77.